The fraction of sp³-hybridized carbons (Fsp3) is 0.600. The van der Waals surface area contributed by atoms with E-state index in [-0.39, 0.29) is 11.5 Å². The van der Waals surface area contributed by atoms with Crippen LogP contribution in [0.25, 0.3) is 0 Å². The molecular formula is C10H13N3O3. The average molecular weight is 223 g/mol. The van der Waals surface area contributed by atoms with Gasteiger partial charge in [-0.05, 0) is 12.8 Å². The van der Waals surface area contributed by atoms with Crippen LogP contribution in [0.15, 0.2) is 5.16 Å². The Bertz CT molecular complexity index is 357. The van der Waals surface area contributed by atoms with Crippen molar-refractivity contribution in [3.63, 3.8) is 0 Å². The van der Waals surface area contributed by atoms with Gasteiger partial charge in [-0.25, -0.2) is 0 Å². The minimum Gasteiger partial charge on any atom is -0.398 e. The molecule has 1 N–H and O–H groups in total. The molecule has 6 nitrogen and oxygen atoms in total. The first-order valence-corrected chi connectivity index (χ1v) is 5.04. The van der Waals surface area contributed by atoms with Gasteiger partial charge in [0.15, 0.2) is 5.78 Å². The minimum absolute atomic E-state index is 0.00862. The highest BCUT2D eigenvalue weighted by atomic mass is 16.6. The summed E-state index contributed by atoms with van der Waals surface area (Å²) in [5, 5.41) is 14.4. The van der Waals surface area contributed by atoms with Crippen molar-refractivity contribution in [2.45, 2.75) is 31.7 Å². The van der Waals surface area contributed by atoms with E-state index in [1.54, 1.807) is 6.07 Å². The second kappa shape index (κ2) is 5.85. The lowest BCUT2D eigenvalue weighted by Crippen LogP contribution is -2.45. The number of Topliss-reactive ketones (excluding diaryl/α,β-unsaturated/α-hetero) is 1. The van der Waals surface area contributed by atoms with Crippen LogP contribution in [0, 0.1) is 11.3 Å². The van der Waals surface area contributed by atoms with Crippen LogP contribution in [-0.4, -0.2) is 30.6 Å². The monoisotopic (exact) mass is 223 g/mol. The van der Waals surface area contributed by atoms with Crippen LogP contribution in [0.1, 0.15) is 25.7 Å². The average Bonchev–Trinajstić information content (AvgIpc) is 2.29. The third-order valence-corrected chi connectivity index (χ3v) is 2.36. The Morgan fingerprint density at radius 2 is 2.38 bits per heavy atom. The SMILES string of the molecule is CO/N=C(\C#N)C(=O)NC1CCCCC1=O. The first kappa shape index (κ1) is 12.2. The van der Waals surface area contributed by atoms with Crippen molar-refractivity contribution in [2.75, 3.05) is 7.11 Å². The number of carbonyl (C=O) groups excluding carboxylic acids is 2. The van der Waals surface area contributed by atoms with Crippen LogP contribution < -0.4 is 5.32 Å². The molecule has 0 heterocycles. The Kier molecular flexibility index (Phi) is 4.45. The molecule has 0 bridgehead atoms. The molecule has 0 radical (unpaired) electrons. The van der Waals surface area contributed by atoms with E-state index in [0.29, 0.717) is 12.8 Å². The molecule has 16 heavy (non-hydrogen) atoms. The summed E-state index contributed by atoms with van der Waals surface area (Å²) in [6, 6.07) is 1.12. The van der Waals surface area contributed by atoms with Crippen LogP contribution in [0.3, 0.4) is 0 Å². The topological polar surface area (TPSA) is 91.5 Å². The molecule has 6 heteroatoms. The second-order valence-corrected chi connectivity index (χ2v) is 3.47. The molecule has 1 rings (SSSR count). The molecule has 1 aliphatic rings. The van der Waals surface area contributed by atoms with Crippen molar-refractivity contribution >= 4 is 17.4 Å². The number of carbonyl (C=O) groups is 2. The van der Waals surface area contributed by atoms with E-state index in [4.69, 9.17) is 5.26 Å². The third kappa shape index (κ3) is 3.05. The summed E-state index contributed by atoms with van der Waals surface area (Å²) in [7, 11) is 1.25. The number of nitrogens with zero attached hydrogens (tertiary/aromatic N) is 2. The molecule has 0 aromatic rings. The van der Waals surface area contributed by atoms with Crippen molar-refractivity contribution in [2.24, 2.45) is 5.16 Å². The van der Waals surface area contributed by atoms with Crippen molar-refractivity contribution in [3.05, 3.63) is 0 Å². The molecule has 86 valence electrons. The Morgan fingerprint density at radius 3 is 2.94 bits per heavy atom. The molecule has 0 aliphatic heterocycles. The Balaban J connectivity index is 2.59. The van der Waals surface area contributed by atoms with Gasteiger partial charge in [-0.1, -0.05) is 11.6 Å². The Hall–Kier alpha value is -1.90. The van der Waals surface area contributed by atoms with Gasteiger partial charge in [-0.2, -0.15) is 5.26 Å². The molecule has 1 aliphatic carbocycles. The zero-order chi connectivity index (χ0) is 12.0. The summed E-state index contributed by atoms with van der Waals surface area (Å²) < 4.78 is 0. The van der Waals surface area contributed by atoms with E-state index in [2.05, 4.69) is 15.3 Å². The number of nitriles is 1. The molecule has 0 spiro atoms. The van der Waals surface area contributed by atoms with E-state index in [9.17, 15) is 9.59 Å². The van der Waals surface area contributed by atoms with Crippen molar-refractivity contribution in [1.82, 2.24) is 5.32 Å². The predicted octanol–water partition coefficient (Wildman–Crippen LogP) is 0.140. The largest absolute Gasteiger partial charge is 0.398 e. The van der Waals surface area contributed by atoms with Gasteiger partial charge in [-0.3, -0.25) is 9.59 Å². The highest BCUT2D eigenvalue weighted by Crippen LogP contribution is 2.14. The molecule has 1 unspecified atom stereocenters. The van der Waals surface area contributed by atoms with Gasteiger partial charge in [-0.15, -0.1) is 0 Å². The van der Waals surface area contributed by atoms with Crippen LogP contribution in [0.4, 0.5) is 0 Å². The maximum absolute atomic E-state index is 11.5. The molecular weight excluding hydrogens is 210 g/mol. The first-order chi connectivity index (χ1) is 7.69. The lowest BCUT2D eigenvalue weighted by molar-refractivity contribution is -0.126. The highest BCUT2D eigenvalue weighted by Gasteiger charge is 2.25. The number of rotatable bonds is 3. The summed E-state index contributed by atoms with van der Waals surface area (Å²) >= 11 is 0. The highest BCUT2D eigenvalue weighted by molar-refractivity contribution is 6.45. The number of hydrogen-bond acceptors (Lipinski definition) is 5. The number of hydrogen-bond donors (Lipinski definition) is 1. The van der Waals surface area contributed by atoms with Crippen molar-refractivity contribution in [3.8, 4) is 6.07 Å². The third-order valence-electron chi connectivity index (χ3n) is 2.36. The number of oxime groups is 1. The quantitative estimate of drug-likeness (QED) is 0.544. The molecule has 1 amide bonds. The Morgan fingerprint density at radius 1 is 1.62 bits per heavy atom. The lowest BCUT2D eigenvalue weighted by atomic mass is 9.94. The summed E-state index contributed by atoms with van der Waals surface area (Å²) in [6.07, 6.45) is 2.87. The fourth-order valence-corrected chi connectivity index (χ4v) is 1.57. The van der Waals surface area contributed by atoms with Crippen LogP contribution in [0.5, 0.6) is 0 Å². The fourth-order valence-electron chi connectivity index (χ4n) is 1.57. The summed E-state index contributed by atoms with van der Waals surface area (Å²) in [4.78, 5) is 27.3. The van der Waals surface area contributed by atoms with Gasteiger partial charge < -0.3 is 10.2 Å². The number of ketones is 1. The van der Waals surface area contributed by atoms with E-state index in [0.717, 1.165) is 12.8 Å². The molecule has 0 aromatic carbocycles. The standard InChI is InChI=1S/C10H13N3O3/c1-16-13-8(6-11)10(15)12-7-4-2-3-5-9(7)14/h7H,2-5H2,1H3,(H,12,15)/b13-8+. The van der Waals surface area contributed by atoms with Gasteiger partial charge in [0.1, 0.15) is 13.2 Å². The van der Waals surface area contributed by atoms with Crippen LogP contribution >= 0.6 is 0 Å². The molecule has 0 aromatic heterocycles. The first-order valence-electron chi connectivity index (χ1n) is 5.04. The zero-order valence-corrected chi connectivity index (χ0v) is 9.02. The van der Waals surface area contributed by atoms with Crippen molar-refractivity contribution in [1.29, 1.82) is 5.26 Å². The van der Waals surface area contributed by atoms with Gasteiger partial charge >= 0.3 is 0 Å². The number of nitrogens with one attached hydrogen (secondary N) is 1. The second-order valence-electron chi connectivity index (χ2n) is 3.47. The lowest BCUT2D eigenvalue weighted by Gasteiger charge is -2.20. The molecule has 1 atom stereocenters. The van der Waals surface area contributed by atoms with Crippen LogP contribution in [-0.2, 0) is 14.4 Å². The zero-order valence-electron chi connectivity index (χ0n) is 9.02. The van der Waals surface area contributed by atoms with Crippen molar-refractivity contribution < 1.29 is 14.4 Å². The van der Waals surface area contributed by atoms with Crippen LogP contribution in [0.2, 0.25) is 0 Å². The van der Waals surface area contributed by atoms with E-state index in [1.807, 2.05) is 0 Å². The summed E-state index contributed by atoms with van der Waals surface area (Å²) in [5.41, 5.74) is -0.374. The molecule has 1 fully saturated rings. The molecule has 1 saturated carbocycles. The van der Waals surface area contributed by atoms with Gasteiger partial charge in [0.25, 0.3) is 5.91 Å². The van der Waals surface area contributed by atoms with E-state index in [1.165, 1.54) is 7.11 Å². The normalized spacial score (nSPS) is 21.1. The van der Waals surface area contributed by atoms with Gasteiger partial charge in [0.2, 0.25) is 5.71 Å². The minimum atomic E-state index is -0.662. The Labute approximate surface area is 93.2 Å². The number of amides is 1. The smallest absolute Gasteiger partial charge is 0.284 e. The van der Waals surface area contributed by atoms with Gasteiger partial charge in [0, 0.05) is 6.42 Å². The van der Waals surface area contributed by atoms with Gasteiger partial charge in [0.05, 0.1) is 6.04 Å². The predicted molar refractivity (Wildman–Crippen MR) is 55.5 cm³/mol. The molecule has 0 saturated heterocycles. The summed E-state index contributed by atoms with van der Waals surface area (Å²) in [5.74, 6) is -0.654. The maximum atomic E-state index is 11.5. The van der Waals surface area contributed by atoms with E-state index < -0.39 is 11.9 Å². The summed E-state index contributed by atoms with van der Waals surface area (Å²) in [6.45, 7) is 0. The van der Waals surface area contributed by atoms with E-state index >= 15 is 0 Å². The maximum Gasteiger partial charge on any atom is 0.284 e.